The van der Waals surface area contributed by atoms with Gasteiger partial charge in [-0.1, -0.05) is 11.6 Å². The smallest absolute Gasteiger partial charge is 0.229 e. The van der Waals surface area contributed by atoms with Gasteiger partial charge in [-0.15, -0.1) is 0 Å². The molecule has 2 heterocycles. The van der Waals surface area contributed by atoms with Crippen molar-refractivity contribution in [1.29, 1.82) is 0 Å². The third-order valence-electron chi connectivity index (χ3n) is 2.31. The average molecular weight is 369 g/mol. The van der Waals surface area contributed by atoms with Crippen LogP contribution in [0, 0.1) is 0 Å². The number of rotatable bonds is 1. The largest absolute Gasteiger partial charge is 0.326 e. The van der Waals surface area contributed by atoms with Gasteiger partial charge in [0, 0.05) is 25.2 Å². The molecule has 1 atom stereocenters. The van der Waals surface area contributed by atoms with E-state index in [-0.39, 0.29) is 11.9 Å². The normalized spacial score (nSPS) is 20.6. The molecule has 1 aliphatic rings. The summed E-state index contributed by atoms with van der Waals surface area (Å²) in [5, 5.41) is 0.498. The van der Waals surface area contributed by atoms with Crippen LogP contribution in [0.15, 0.2) is 15.1 Å². The summed E-state index contributed by atoms with van der Waals surface area (Å²) in [6.45, 7) is 0.475. The van der Waals surface area contributed by atoms with Gasteiger partial charge in [-0.2, -0.15) is 0 Å². The quantitative estimate of drug-likeness (QED) is 0.827. The van der Waals surface area contributed by atoms with Crippen LogP contribution in [0.4, 0.5) is 5.82 Å². The minimum Gasteiger partial charge on any atom is -0.326 e. The van der Waals surface area contributed by atoms with E-state index in [2.05, 4.69) is 36.8 Å². The van der Waals surface area contributed by atoms with E-state index in [4.69, 9.17) is 17.3 Å². The molecule has 0 aromatic carbocycles. The number of carbonyl (C=O) groups excluding carboxylic acids is 1. The highest BCUT2D eigenvalue weighted by molar-refractivity contribution is 9.11. The lowest BCUT2D eigenvalue weighted by Gasteiger charge is -2.17. The van der Waals surface area contributed by atoms with Crippen LogP contribution >= 0.6 is 43.5 Å². The molecule has 4 nitrogen and oxygen atoms in total. The summed E-state index contributed by atoms with van der Waals surface area (Å²) < 4.78 is 1.28. The van der Waals surface area contributed by atoms with Crippen molar-refractivity contribution in [2.75, 3.05) is 11.4 Å². The minimum atomic E-state index is -0.136. The Morgan fingerprint density at radius 3 is 2.81 bits per heavy atom. The van der Waals surface area contributed by atoms with Gasteiger partial charge in [-0.3, -0.25) is 9.69 Å². The number of aromatic nitrogens is 1. The Morgan fingerprint density at radius 2 is 2.25 bits per heavy atom. The molecule has 2 N–H and O–H groups in total. The summed E-state index contributed by atoms with van der Waals surface area (Å²) in [5.41, 5.74) is 5.72. The lowest BCUT2D eigenvalue weighted by atomic mass is 10.3. The zero-order valence-corrected chi connectivity index (χ0v) is 12.0. The highest BCUT2D eigenvalue weighted by Gasteiger charge is 2.30. The highest BCUT2D eigenvalue weighted by atomic mass is 79.9. The lowest BCUT2D eigenvalue weighted by molar-refractivity contribution is -0.117. The Kier molecular flexibility index (Phi) is 3.53. The number of nitrogens with zero attached hydrogens (tertiary/aromatic N) is 2. The van der Waals surface area contributed by atoms with Crippen LogP contribution in [-0.4, -0.2) is 23.5 Å². The van der Waals surface area contributed by atoms with Gasteiger partial charge < -0.3 is 5.73 Å². The van der Waals surface area contributed by atoms with Gasteiger partial charge in [0.2, 0.25) is 5.91 Å². The molecule has 0 saturated carbocycles. The summed E-state index contributed by atoms with van der Waals surface area (Å²) in [6, 6.07) is -0.136. The third-order valence-corrected chi connectivity index (χ3v) is 4.51. The van der Waals surface area contributed by atoms with Gasteiger partial charge in [0.05, 0.1) is 14.0 Å². The van der Waals surface area contributed by atoms with E-state index in [9.17, 15) is 4.79 Å². The molecule has 1 aliphatic heterocycles. The fraction of sp³-hybridized carbons (Fsp3) is 0.333. The van der Waals surface area contributed by atoms with Crippen LogP contribution in [0.25, 0.3) is 0 Å². The molecule has 1 fully saturated rings. The van der Waals surface area contributed by atoms with E-state index in [0.29, 0.717) is 32.8 Å². The fourth-order valence-corrected chi connectivity index (χ4v) is 2.79. The van der Waals surface area contributed by atoms with E-state index in [1.807, 2.05) is 0 Å². The van der Waals surface area contributed by atoms with Crippen LogP contribution in [0.2, 0.25) is 5.02 Å². The maximum Gasteiger partial charge on any atom is 0.229 e. The summed E-state index contributed by atoms with van der Waals surface area (Å²) in [5.74, 6) is 0.491. The number of carbonyl (C=O) groups is 1. The molecule has 1 amide bonds. The van der Waals surface area contributed by atoms with Gasteiger partial charge in [0.1, 0.15) is 0 Å². The van der Waals surface area contributed by atoms with Crippen LogP contribution < -0.4 is 10.6 Å². The molecule has 2 rings (SSSR count). The SMILES string of the molecule is NC1CC(=O)N(c2ncc(Br)c(Cl)c2Br)C1. The van der Waals surface area contributed by atoms with Crippen molar-refractivity contribution in [3.05, 3.63) is 20.2 Å². The summed E-state index contributed by atoms with van der Waals surface area (Å²) in [4.78, 5) is 17.4. The first-order chi connectivity index (χ1) is 7.50. The van der Waals surface area contributed by atoms with Crippen molar-refractivity contribution >= 4 is 55.2 Å². The summed E-state index contributed by atoms with van der Waals surface area (Å²) in [7, 11) is 0. The number of halogens is 3. The molecule has 1 aromatic heterocycles. The number of hydrogen-bond donors (Lipinski definition) is 1. The lowest BCUT2D eigenvalue weighted by Crippen LogP contribution is -2.29. The highest BCUT2D eigenvalue weighted by Crippen LogP contribution is 2.37. The molecule has 1 unspecified atom stereocenters. The van der Waals surface area contributed by atoms with E-state index in [0.717, 1.165) is 0 Å². The molecule has 7 heteroatoms. The van der Waals surface area contributed by atoms with Crippen molar-refractivity contribution in [3.63, 3.8) is 0 Å². The molecule has 16 heavy (non-hydrogen) atoms. The number of hydrogen-bond acceptors (Lipinski definition) is 3. The standard InChI is InChI=1S/C9H8Br2ClN3O/c10-5-2-14-9(7(11)8(5)12)15-3-4(13)1-6(15)16/h2,4H,1,3,13H2. The van der Waals surface area contributed by atoms with Gasteiger partial charge >= 0.3 is 0 Å². The molecule has 0 bridgehead atoms. The predicted molar refractivity (Wildman–Crippen MR) is 69.6 cm³/mol. The molecule has 0 spiro atoms. The van der Waals surface area contributed by atoms with E-state index in [1.54, 1.807) is 11.1 Å². The van der Waals surface area contributed by atoms with Gasteiger partial charge in [0.25, 0.3) is 0 Å². The van der Waals surface area contributed by atoms with Crippen LogP contribution in [0.3, 0.4) is 0 Å². The zero-order chi connectivity index (χ0) is 11.9. The second-order valence-corrected chi connectivity index (χ2v) is 5.55. The topological polar surface area (TPSA) is 59.2 Å². The van der Waals surface area contributed by atoms with Gasteiger partial charge in [-0.25, -0.2) is 4.98 Å². The molecular formula is C9H8Br2ClN3O. The van der Waals surface area contributed by atoms with E-state index >= 15 is 0 Å². The van der Waals surface area contributed by atoms with Crippen molar-refractivity contribution in [1.82, 2.24) is 4.98 Å². The maximum atomic E-state index is 11.7. The second-order valence-electron chi connectivity index (χ2n) is 3.53. The molecule has 1 aromatic rings. The predicted octanol–water partition coefficient (Wildman–Crippen LogP) is 2.32. The number of amides is 1. The second kappa shape index (κ2) is 4.60. The van der Waals surface area contributed by atoms with E-state index in [1.165, 1.54) is 0 Å². The van der Waals surface area contributed by atoms with Crippen LogP contribution in [0.5, 0.6) is 0 Å². The van der Waals surface area contributed by atoms with Crippen LogP contribution in [-0.2, 0) is 4.79 Å². The fourth-order valence-electron chi connectivity index (χ4n) is 1.56. The van der Waals surface area contributed by atoms with Crippen molar-refractivity contribution < 1.29 is 4.79 Å². The van der Waals surface area contributed by atoms with Gasteiger partial charge in [0.15, 0.2) is 5.82 Å². The monoisotopic (exact) mass is 367 g/mol. The Morgan fingerprint density at radius 1 is 1.56 bits per heavy atom. The van der Waals surface area contributed by atoms with Crippen molar-refractivity contribution in [3.8, 4) is 0 Å². The molecule has 86 valence electrons. The van der Waals surface area contributed by atoms with Gasteiger partial charge in [-0.05, 0) is 31.9 Å². The molecular weight excluding hydrogens is 361 g/mol. The first kappa shape index (κ1) is 12.3. The van der Waals surface area contributed by atoms with E-state index < -0.39 is 0 Å². The summed E-state index contributed by atoms with van der Waals surface area (Å²) >= 11 is 12.6. The first-order valence-corrected chi connectivity index (χ1v) is 6.52. The van der Waals surface area contributed by atoms with Crippen LogP contribution in [0.1, 0.15) is 6.42 Å². The Balaban J connectivity index is 2.42. The number of pyridine rings is 1. The average Bonchev–Trinajstić information content (AvgIpc) is 2.55. The Hall–Kier alpha value is -0.170. The Labute approximate surface area is 114 Å². The summed E-state index contributed by atoms with van der Waals surface area (Å²) in [6.07, 6.45) is 1.92. The minimum absolute atomic E-state index is 0.0286. The Bertz CT molecular complexity index is 455. The third kappa shape index (κ3) is 2.11. The van der Waals surface area contributed by atoms with Crippen molar-refractivity contribution in [2.24, 2.45) is 5.73 Å². The number of anilines is 1. The molecule has 1 saturated heterocycles. The zero-order valence-electron chi connectivity index (χ0n) is 8.08. The molecule has 0 aliphatic carbocycles. The van der Waals surface area contributed by atoms with Crippen molar-refractivity contribution in [2.45, 2.75) is 12.5 Å². The first-order valence-electron chi connectivity index (χ1n) is 4.56. The number of nitrogens with two attached hydrogens (primary N) is 1. The maximum absolute atomic E-state index is 11.7. The molecule has 0 radical (unpaired) electrons.